The number of aliphatic hydroxyl groups excluding tert-OH is 1. The summed E-state index contributed by atoms with van der Waals surface area (Å²) in [5.41, 5.74) is 1.28. The number of rotatable bonds is 3. The van der Waals surface area contributed by atoms with Crippen molar-refractivity contribution < 1.29 is 13.9 Å². The standard InChI is InChI=1S/C13H12F2OS/c1-8-12(2-3-17-8)13(16)6-9-4-10(14)7-11(15)5-9/h2-5,7,13,16H,6H2,1H3. The van der Waals surface area contributed by atoms with E-state index in [2.05, 4.69) is 0 Å². The van der Waals surface area contributed by atoms with Crippen LogP contribution in [-0.4, -0.2) is 5.11 Å². The second kappa shape index (κ2) is 4.94. The molecule has 1 heterocycles. The highest BCUT2D eigenvalue weighted by molar-refractivity contribution is 7.10. The van der Waals surface area contributed by atoms with Crippen molar-refractivity contribution in [2.75, 3.05) is 0 Å². The Morgan fingerprint density at radius 2 is 1.88 bits per heavy atom. The van der Waals surface area contributed by atoms with Crippen LogP contribution in [0.1, 0.15) is 22.1 Å². The zero-order valence-corrected chi connectivity index (χ0v) is 10.1. The van der Waals surface area contributed by atoms with Gasteiger partial charge in [0.1, 0.15) is 11.6 Å². The number of hydrogen-bond acceptors (Lipinski definition) is 2. The Labute approximate surface area is 102 Å². The van der Waals surface area contributed by atoms with Crippen LogP contribution in [0.25, 0.3) is 0 Å². The van der Waals surface area contributed by atoms with Gasteiger partial charge in [-0.05, 0) is 41.6 Å². The molecule has 0 saturated carbocycles. The third kappa shape index (κ3) is 2.90. The van der Waals surface area contributed by atoms with Crippen LogP contribution in [0.2, 0.25) is 0 Å². The van der Waals surface area contributed by atoms with Crippen molar-refractivity contribution in [1.29, 1.82) is 0 Å². The van der Waals surface area contributed by atoms with Gasteiger partial charge in [-0.1, -0.05) is 0 Å². The predicted octanol–water partition coefficient (Wildman–Crippen LogP) is 3.61. The van der Waals surface area contributed by atoms with Crippen LogP contribution in [0.15, 0.2) is 29.6 Å². The Morgan fingerprint density at radius 3 is 2.41 bits per heavy atom. The number of thiophene rings is 1. The van der Waals surface area contributed by atoms with Crippen molar-refractivity contribution in [3.63, 3.8) is 0 Å². The maximum Gasteiger partial charge on any atom is 0.126 e. The first-order valence-corrected chi connectivity index (χ1v) is 6.11. The van der Waals surface area contributed by atoms with E-state index in [4.69, 9.17) is 0 Å². The molecule has 90 valence electrons. The molecule has 1 N–H and O–H groups in total. The van der Waals surface area contributed by atoms with Gasteiger partial charge < -0.3 is 5.11 Å². The summed E-state index contributed by atoms with van der Waals surface area (Å²) in [6.07, 6.45) is -0.505. The Morgan fingerprint density at radius 1 is 1.24 bits per heavy atom. The third-order valence-electron chi connectivity index (χ3n) is 2.61. The first-order valence-electron chi connectivity index (χ1n) is 5.23. The monoisotopic (exact) mass is 254 g/mol. The Bertz CT molecular complexity index is 502. The van der Waals surface area contributed by atoms with Crippen LogP contribution < -0.4 is 0 Å². The fourth-order valence-electron chi connectivity index (χ4n) is 1.80. The molecular formula is C13H12F2OS. The number of halogens is 2. The van der Waals surface area contributed by atoms with Gasteiger partial charge in [0, 0.05) is 17.4 Å². The topological polar surface area (TPSA) is 20.2 Å². The molecule has 0 radical (unpaired) electrons. The van der Waals surface area contributed by atoms with Crippen LogP contribution in [-0.2, 0) is 6.42 Å². The summed E-state index contributed by atoms with van der Waals surface area (Å²) in [7, 11) is 0. The SMILES string of the molecule is Cc1sccc1C(O)Cc1cc(F)cc(F)c1. The summed E-state index contributed by atoms with van der Waals surface area (Å²) in [5.74, 6) is -1.23. The highest BCUT2D eigenvalue weighted by atomic mass is 32.1. The van der Waals surface area contributed by atoms with E-state index in [-0.39, 0.29) is 6.42 Å². The minimum Gasteiger partial charge on any atom is -0.388 e. The largest absolute Gasteiger partial charge is 0.388 e. The van der Waals surface area contributed by atoms with E-state index in [1.807, 2.05) is 18.4 Å². The lowest BCUT2D eigenvalue weighted by Crippen LogP contribution is -2.02. The van der Waals surface area contributed by atoms with E-state index in [1.54, 1.807) is 11.3 Å². The van der Waals surface area contributed by atoms with Gasteiger partial charge in [-0.25, -0.2) is 8.78 Å². The second-order valence-electron chi connectivity index (χ2n) is 3.93. The van der Waals surface area contributed by atoms with Crippen LogP contribution in [0.3, 0.4) is 0 Å². The van der Waals surface area contributed by atoms with Crippen molar-refractivity contribution in [2.45, 2.75) is 19.4 Å². The second-order valence-corrected chi connectivity index (χ2v) is 5.05. The first kappa shape index (κ1) is 12.2. The summed E-state index contributed by atoms with van der Waals surface area (Å²) >= 11 is 1.54. The van der Waals surface area contributed by atoms with Crippen molar-refractivity contribution in [3.05, 3.63) is 57.3 Å². The Hall–Kier alpha value is -1.26. The molecular weight excluding hydrogens is 242 g/mol. The average molecular weight is 254 g/mol. The highest BCUT2D eigenvalue weighted by Crippen LogP contribution is 2.25. The van der Waals surface area contributed by atoms with Crippen LogP contribution >= 0.6 is 11.3 Å². The van der Waals surface area contributed by atoms with Crippen LogP contribution in [0.5, 0.6) is 0 Å². The van der Waals surface area contributed by atoms with Gasteiger partial charge in [0.05, 0.1) is 6.10 Å². The molecule has 0 saturated heterocycles. The maximum absolute atomic E-state index is 13.0. The van der Waals surface area contributed by atoms with E-state index in [0.717, 1.165) is 16.5 Å². The summed E-state index contributed by atoms with van der Waals surface area (Å²) in [4.78, 5) is 1.02. The Balaban J connectivity index is 2.18. The molecule has 1 unspecified atom stereocenters. The van der Waals surface area contributed by atoms with Gasteiger partial charge in [0.25, 0.3) is 0 Å². The average Bonchev–Trinajstić information content (AvgIpc) is 2.62. The molecule has 1 aromatic carbocycles. The molecule has 1 aromatic heterocycles. The fourth-order valence-corrected chi connectivity index (χ4v) is 2.56. The van der Waals surface area contributed by atoms with Crippen molar-refractivity contribution in [2.24, 2.45) is 0 Å². The Kier molecular flexibility index (Phi) is 3.54. The number of aryl methyl sites for hydroxylation is 1. The molecule has 2 aromatic rings. The first-order chi connectivity index (χ1) is 8.06. The summed E-state index contributed by atoms with van der Waals surface area (Å²) in [6, 6.07) is 5.15. The zero-order valence-electron chi connectivity index (χ0n) is 9.28. The highest BCUT2D eigenvalue weighted by Gasteiger charge is 2.13. The lowest BCUT2D eigenvalue weighted by molar-refractivity contribution is 0.178. The molecule has 0 aliphatic rings. The minimum atomic E-state index is -0.720. The van der Waals surface area contributed by atoms with Crippen molar-refractivity contribution in [3.8, 4) is 0 Å². The molecule has 0 bridgehead atoms. The third-order valence-corrected chi connectivity index (χ3v) is 3.47. The molecule has 0 fully saturated rings. The molecule has 1 atom stereocenters. The molecule has 2 rings (SSSR count). The molecule has 4 heteroatoms. The molecule has 1 nitrogen and oxygen atoms in total. The number of aliphatic hydroxyl groups is 1. The van der Waals surface area contributed by atoms with Gasteiger partial charge in [0.2, 0.25) is 0 Å². The van der Waals surface area contributed by atoms with Crippen LogP contribution in [0, 0.1) is 18.6 Å². The maximum atomic E-state index is 13.0. The van der Waals surface area contributed by atoms with Gasteiger partial charge in [0.15, 0.2) is 0 Å². The summed E-state index contributed by atoms with van der Waals surface area (Å²) in [5, 5.41) is 11.9. The summed E-state index contributed by atoms with van der Waals surface area (Å²) < 4.78 is 26.0. The zero-order chi connectivity index (χ0) is 12.4. The van der Waals surface area contributed by atoms with E-state index in [1.165, 1.54) is 12.1 Å². The normalized spacial score (nSPS) is 12.7. The molecule has 0 aliphatic carbocycles. The van der Waals surface area contributed by atoms with E-state index in [9.17, 15) is 13.9 Å². The fraction of sp³-hybridized carbons (Fsp3) is 0.231. The lowest BCUT2D eigenvalue weighted by Gasteiger charge is -2.10. The minimum absolute atomic E-state index is 0.215. The molecule has 17 heavy (non-hydrogen) atoms. The van der Waals surface area contributed by atoms with E-state index >= 15 is 0 Å². The predicted molar refractivity (Wildman–Crippen MR) is 64.1 cm³/mol. The lowest BCUT2D eigenvalue weighted by atomic mass is 10.0. The van der Waals surface area contributed by atoms with Gasteiger partial charge in [-0.2, -0.15) is 0 Å². The van der Waals surface area contributed by atoms with Crippen molar-refractivity contribution >= 4 is 11.3 Å². The van der Waals surface area contributed by atoms with Gasteiger partial charge in [-0.15, -0.1) is 11.3 Å². The molecule has 0 amide bonds. The summed E-state index contributed by atoms with van der Waals surface area (Å²) in [6.45, 7) is 1.91. The van der Waals surface area contributed by atoms with E-state index in [0.29, 0.717) is 5.56 Å². The van der Waals surface area contributed by atoms with Crippen molar-refractivity contribution in [1.82, 2.24) is 0 Å². The molecule has 0 aliphatic heterocycles. The van der Waals surface area contributed by atoms with Crippen LogP contribution in [0.4, 0.5) is 8.78 Å². The van der Waals surface area contributed by atoms with Gasteiger partial charge >= 0.3 is 0 Å². The number of benzene rings is 1. The molecule has 0 spiro atoms. The quantitative estimate of drug-likeness (QED) is 0.887. The van der Waals surface area contributed by atoms with Gasteiger partial charge in [-0.3, -0.25) is 0 Å². The number of hydrogen-bond donors (Lipinski definition) is 1. The smallest absolute Gasteiger partial charge is 0.126 e. The van der Waals surface area contributed by atoms with E-state index < -0.39 is 17.7 Å².